The Labute approximate surface area is 266 Å². The zero-order valence-corrected chi connectivity index (χ0v) is 26.3. The molecule has 1 amide bonds. The summed E-state index contributed by atoms with van der Waals surface area (Å²) in [5.41, 5.74) is -1.12. The lowest BCUT2D eigenvalue weighted by Gasteiger charge is -2.37. The highest BCUT2D eigenvalue weighted by molar-refractivity contribution is 9.10. The van der Waals surface area contributed by atoms with Crippen molar-refractivity contribution in [1.82, 2.24) is 0 Å². The first-order valence-corrected chi connectivity index (χ1v) is 16.3. The Kier molecular flexibility index (Phi) is 7.68. The Morgan fingerprint density at radius 3 is 2.47 bits per heavy atom. The van der Waals surface area contributed by atoms with Crippen molar-refractivity contribution >= 4 is 43.0 Å². The first-order chi connectivity index (χ1) is 21.3. The number of carbonyl (C=O) groups excluding carboxylic acids is 1. The number of aromatic hydroxyl groups is 1. The number of phenolic OH excluding ortho intramolecular Hbond substituents is 1. The highest BCUT2D eigenvalue weighted by Crippen LogP contribution is 2.52. The molecule has 0 bridgehead atoms. The van der Waals surface area contributed by atoms with Crippen molar-refractivity contribution in [2.45, 2.75) is 26.3 Å². The fourth-order valence-corrected chi connectivity index (χ4v) is 8.64. The largest absolute Gasteiger partial charge is 0.506 e. The molecule has 0 radical (unpaired) electrons. The molecule has 2 N–H and O–H groups in total. The number of carbonyl (C=O) groups is 1. The summed E-state index contributed by atoms with van der Waals surface area (Å²) in [7, 11) is -4.18. The van der Waals surface area contributed by atoms with Gasteiger partial charge in [-0.1, -0.05) is 32.0 Å². The number of ether oxygens (including phenoxy) is 1. The number of phenols is 1. The maximum Gasteiger partial charge on any atom is 0.262 e. The zero-order valence-electron chi connectivity index (χ0n) is 23.9. The van der Waals surface area contributed by atoms with Crippen LogP contribution in [0.1, 0.15) is 42.2 Å². The van der Waals surface area contributed by atoms with Crippen LogP contribution in [0.2, 0.25) is 0 Å². The first-order valence-electron chi connectivity index (χ1n) is 13.8. The average Bonchev–Trinajstić information content (AvgIpc) is 3.09. The Hall–Kier alpha value is -4.29. The summed E-state index contributed by atoms with van der Waals surface area (Å²) in [4.78, 5) is 15.0. The maximum absolute atomic E-state index is 16.3. The second-order valence-electron chi connectivity index (χ2n) is 11.7. The van der Waals surface area contributed by atoms with Crippen LogP contribution in [0.25, 0.3) is 0 Å². The summed E-state index contributed by atoms with van der Waals surface area (Å²) in [5, 5.41) is 14.0. The van der Waals surface area contributed by atoms with Crippen molar-refractivity contribution in [3.8, 4) is 17.2 Å². The normalized spacial score (nSPS) is 18.4. The highest BCUT2D eigenvalue weighted by atomic mass is 79.9. The third-order valence-corrected chi connectivity index (χ3v) is 10.6. The number of fused-ring (bicyclic) bond motifs is 1. The summed E-state index contributed by atoms with van der Waals surface area (Å²) in [6.45, 7) is 3.54. The molecule has 4 aromatic rings. The Balaban J connectivity index is 1.60. The van der Waals surface area contributed by atoms with Gasteiger partial charge in [0.15, 0.2) is 9.84 Å². The number of anilines is 2. The third-order valence-electron chi connectivity index (χ3n) is 7.64. The molecule has 4 aromatic carbocycles. The minimum atomic E-state index is -4.18. The Morgan fingerprint density at radius 1 is 1.00 bits per heavy atom. The summed E-state index contributed by atoms with van der Waals surface area (Å²) in [5.74, 6) is -3.62. The number of allylic oxidation sites excluding steroid dienone is 1. The lowest BCUT2D eigenvalue weighted by atomic mass is 9.88. The van der Waals surface area contributed by atoms with Crippen molar-refractivity contribution in [2.24, 2.45) is 5.41 Å². The molecular formula is C33H26BrF3N2O5S. The molecule has 232 valence electrons. The van der Waals surface area contributed by atoms with E-state index in [1.807, 2.05) is 0 Å². The molecule has 0 spiro atoms. The van der Waals surface area contributed by atoms with Crippen LogP contribution < -0.4 is 15.0 Å². The molecule has 2 aliphatic rings. The van der Waals surface area contributed by atoms with Crippen molar-refractivity contribution in [2.75, 3.05) is 16.0 Å². The van der Waals surface area contributed by atoms with E-state index in [1.54, 1.807) is 13.8 Å². The van der Waals surface area contributed by atoms with Gasteiger partial charge in [-0.05, 0) is 82.4 Å². The minimum absolute atomic E-state index is 0.0159. The molecule has 2 aliphatic heterocycles. The van der Waals surface area contributed by atoms with Crippen molar-refractivity contribution < 1.29 is 36.2 Å². The Morgan fingerprint density at radius 2 is 1.76 bits per heavy atom. The highest BCUT2D eigenvalue weighted by Gasteiger charge is 2.48. The van der Waals surface area contributed by atoms with Crippen LogP contribution in [-0.4, -0.2) is 25.2 Å². The summed E-state index contributed by atoms with van der Waals surface area (Å²) in [6.07, 6.45) is 0.189. The van der Waals surface area contributed by atoms with Gasteiger partial charge >= 0.3 is 0 Å². The smallest absolute Gasteiger partial charge is 0.262 e. The van der Waals surface area contributed by atoms with Gasteiger partial charge in [0.1, 0.15) is 46.4 Å². The van der Waals surface area contributed by atoms with Crippen LogP contribution in [0.15, 0.2) is 93.9 Å². The van der Waals surface area contributed by atoms with Crippen LogP contribution in [0, 0.1) is 22.9 Å². The molecule has 6 rings (SSSR count). The molecule has 45 heavy (non-hydrogen) atoms. The molecule has 1 unspecified atom stereocenters. The van der Waals surface area contributed by atoms with Gasteiger partial charge in [0.2, 0.25) is 0 Å². The monoisotopic (exact) mass is 698 g/mol. The van der Waals surface area contributed by atoms with E-state index in [1.165, 1.54) is 66.7 Å². The second-order valence-corrected chi connectivity index (χ2v) is 14.5. The fourth-order valence-electron chi connectivity index (χ4n) is 5.85. The van der Waals surface area contributed by atoms with E-state index in [4.69, 9.17) is 4.74 Å². The maximum atomic E-state index is 16.3. The van der Waals surface area contributed by atoms with Crippen LogP contribution in [0.5, 0.6) is 17.2 Å². The first kappa shape index (κ1) is 30.7. The second kappa shape index (κ2) is 11.3. The quantitative estimate of drug-likeness (QED) is 0.209. The zero-order chi connectivity index (χ0) is 32.3. The molecular weight excluding hydrogens is 673 g/mol. The van der Waals surface area contributed by atoms with E-state index in [9.17, 15) is 22.7 Å². The lowest BCUT2D eigenvalue weighted by Crippen LogP contribution is -2.41. The predicted molar refractivity (Wildman–Crippen MR) is 167 cm³/mol. The van der Waals surface area contributed by atoms with E-state index in [0.29, 0.717) is 0 Å². The number of sulfone groups is 1. The molecule has 12 heteroatoms. The van der Waals surface area contributed by atoms with Gasteiger partial charge in [0.25, 0.3) is 5.91 Å². The minimum Gasteiger partial charge on any atom is -0.506 e. The number of para-hydroxylation sites is 1. The topological polar surface area (TPSA) is 95.9 Å². The van der Waals surface area contributed by atoms with Gasteiger partial charge in [-0.15, -0.1) is 0 Å². The van der Waals surface area contributed by atoms with Crippen LogP contribution >= 0.6 is 15.9 Å². The van der Waals surface area contributed by atoms with Gasteiger partial charge in [-0.25, -0.2) is 21.6 Å². The van der Waals surface area contributed by atoms with Gasteiger partial charge in [0.05, 0.1) is 26.4 Å². The molecule has 0 aromatic heterocycles. The van der Waals surface area contributed by atoms with Gasteiger partial charge in [0, 0.05) is 17.3 Å². The molecule has 0 fully saturated rings. The summed E-state index contributed by atoms with van der Waals surface area (Å²) >= 11 is 3.21. The van der Waals surface area contributed by atoms with Crippen molar-refractivity contribution in [3.63, 3.8) is 0 Å². The molecule has 2 heterocycles. The number of halogens is 4. The fraction of sp³-hybridized carbons (Fsp3) is 0.182. The number of rotatable bonds is 4. The van der Waals surface area contributed by atoms with Gasteiger partial charge in [-0.2, -0.15) is 0 Å². The van der Waals surface area contributed by atoms with Crippen LogP contribution in [-0.2, 0) is 9.84 Å². The Bertz CT molecular complexity index is 2020. The molecule has 0 saturated heterocycles. The van der Waals surface area contributed by atoms with E-state index in [0.717, 1.165) is 17.0 Å². The molecule has 1 atom stereocenters. The molecule has 0 aliphatic carbocycles. The van der Waals surface area contributed by atoms with Gasteiger partial charge < -0.3 is 15.2 Å². The molecule has 0 saturated carbocycles. The van der Waals surface area contributed by atoms with E-state index < -0.39 is 44.7 Å². The van der Waals surface area contributed by atoms with Crippen molar-refractivity contribution in [1.29, 1.82) is 0 Å². The SMILES string of the molecule is CC1(C)CC2=C(C(c3ccc(Oc4ccc(F)cc4Br)cc3F)N(C(=O)c3ccccc3F)c3cccc(O)c3N2)S(=O)(=O)C1. The summed E-state index contributed by atoms with van der Waals surface area (Å²) < 4.78 is 79.3. The van der Waals surface area contributed by atoms with Crippen LogP contribution in [0.3, 0.4) is 0 Å². The van der Waals surface area contributed by atoms with Crippen molar-refractivity contribution in [3.05, 3.63) is 123 Å². The number of amides is 1. The molecule has 7 nitrogen and oxygen atoms in total. The lowest BCUT2D eigenvalue weighted by molar-refractivity contribution is 0.0976. The number of benzene rings is 4. The summed E-state index contributed by atoms with van der Waals surface area (Å²) in [6, 6.07) is 15.3. The van der Waals surface area contributed by atoms with E-state index >= 15 is 8.78 Å². The standard InChI is InChI=1S/C33H26BrF3N2O5S/c1-33(2)16-25-31(45(42,43)17-33)30(20-12-11-19(15-24(20)37)44-28-13-10-18(35)14-22(28)34)39(26-8-5-9-27(40)29(26)38-25)32(41)21-6-3-4-7-23(21)36/h3-15,30,38,40H,16-17H2,1-2H3. The van der Waals surface area contributed by atoms with E-state index in [-0.39, 0.29) is 67.0 Å². The number of hydrogen-bond acceptors (Lipinski definition) is 6. The number of hydrogen-bond donors (Lipinski definition) is 2. The third kappa shape index (κ3) is 5.68. The van der Waals surface area contributed by atoms with Crippen LogP contribution in [0.4, 0.5) is 24.5 Å². The average molecular weight is 700 g/mol. The predicted octanol–water partition coefficient (Wildman–Crippen LogP) is 8.23. The number of nitrogens with zero attached hydrogens (tertiary/aromatic N) is 1. The van der Waals surface area contributed by atoms with Gasteiger partial charge in [-0.3, -0.25) is 9.69 Å². The van der Waals surface area contributed by atoms with E-state index in [2.05, 4.69) is 21.2 Å². The number of nitrogens with one attached hydrogen (secondary N) is 1.